The summed E-state index contributed by atoms with van der Waals surface area (Å²) in [4.78, 5) is 22.3. The highest BCUT2D eigenvalue weighted by atomic mass is 32.1. The van der Waals surface area contributed by atoms with Gasteiger partial charge in [-0.15, -0.1) is 11.3 Å². The molecule has 25 heavy (non-hydrogen) atoms. The Labute approximate surface area is 148 Å². The monoisotopic (exact) mass is 357 g/mol. The fourth-order valence-corrected chi connectivity index (χ4v) is 4.35. The number of ether oxygens (including phenoxy) is 1. The molecule has 0 radical (unpaired) electrons. The fraction of sp³-hybridized carbons (Fsp3) is 0.412. The van der Waals surface area contributed by atoms with Crippen LogP contribution in [0.5, 0.6) is 0 Å². The maximum Gasteiger partial charge on any atom is 0.348 e. The SMILES string of the molecule is CCOC(=O)c1sc2ncnc(NC3CCc4[nH]ncc4C3)c2c1C. The molecule has 2 N–H and O–H groups in total. The van der Waals surface area contributed by atoms with Crippen LogP contribution in [-0.4, -0.2) is 38.8 Å². The molecular formula is C17H19N5O2S. The first-order chi connectivity index (χ1) is 12.2. The van der Waals surface area contributed by atoms with E-state index in [0.29, 0.717) is 11.5 Å². The van der Waals surface area contributed by atoms with Gasteiger partial charge in [0, 0.05) is 11.7 Å². The smallest absolute Gasteiger partial charge is 0.348 e. The van der Waals surface area contributed by atoms with Gasteiger partial charge in [0.2, 0.25) is 0 Å². The molecule has 3 heterocycles. The van der Waals surface area contributed by atoms with Crippen LogP contribution in [0.3, 0.4) is 0 Å². The molecule has 3 aromatic rings. The lowest BCUT2D eigenvalue weighted by atomic mass is 9.93. The summed E-state index contributed by atoms with van der Waals surface area (Å²) in [6.07, 6.45) is 6.33. The lowest BCUT2D eigenvalue weighted by Gasteiger charge is -2.23. The van der Waals surface area contributed by atoms with Crippen molar-refractivity contribution in [1.29, 1.82) is 0 Å². The number of aromatic nitrogens is 4. The van der Waals surface area contributed by atoms with Gasteiger partial charge < -0.3 is 10.1 Å². The normalized spacial score (nSPS) is 16.6. The van der Waals surface area contributed by atoms with Gasteiger partial charge in [-0.2, -0.15) is 5.10 Å². The number of aromatic amines is 1. The molecule has 7 nitrogen and oxygen atoms in total. The third kappa shape index (κ3) is 2.86. The van der Waals surface area contributed by atoms with Crippen molar-refractivity contribution in [1.82, 2.24) is 20.2 Å². The Morgan fingerprint density at radius 1 is 1.48 bits per heavy atom. The quantitative estimate of drug-likeness (QED) is 0.698. The highest BCUT2D eigenvalue weighted by Crippen LogP contribution is 2.34. The van der Waals surface area contributed by atoms with E-state index in [2.05, 4.69) is 25.5 Å². The van der Waals surface area contributed by atoms with Crippen molar-refractivity contribution in [3.8, 4) is 0 Å². The van der Waals surface area contributed by atoms with Gasteiger partial charge in [-0.1, -0.05) is 0 Å². The Morgan fingerprint density at radius 3 is 3.20 bits per heavy atom. The van der Waals surface area contributed by atoms with Crippen molar-refractivity contribution in [2.45, 2.75) is 39.2 Å². The van der Waals surface area contributed by atoms with Crippen LogP contribution in [0.25, 0.3) is 10.2 Å². The van der Waals surface area contributed by atoms with Gasteiger partial charge in [0.05, 0.1) is 18.2 Å². The zero-order valence-electron chi connectivity index (χ0n) is 14.1. The molecule has 1 unspecified atom stereocenters. The number of fused-ring (bicyclic) bond motifs is 2. The molecule has 0 aromatic carbocycles. The predicted octanol–water partition coefficient (Wildman–Crippen LogP) is 2.87. The fourth-order valence-electron chi connectivity index (χ4n) is 3.31. The zero-order valence-corrected chi connectivity index (χ0v) is 14.9. The zero-order chi connectivity index (χ0) is 17.4. The highest BCUT2D eigenvalue weighted by Gasteiger charge is 2.24. The second-order valence-electron chi connectivity index (χ2n) is 6.14. The third-order valence-corrected chi connectivity index (χ3v) is 5.72. The molecule has 3 aromatic heterocycles. The topological polar surface area (TPSA) is 92.8 Å². The van der Waals surface area contributed by atoms with Crippen LogP contribution in [0.1, 0.15) is 39.8 Å². The highest BCUT2D eigenvalue weighted by molar-refractivity contribution is 7.20. The number of nitrogens with one attached hydrogen (secondary N) is 2. The Kier molecular flexibility index (Phi) is 4.12. The molecule has 1 aliphatic rings. The Hall–Kier alpha value is -2.48. The van der Waals surface area contributed by atoms with Gasteiger partial charge in [0.25, 0.3) is 0 Å². The van der Waals surface area contributed by atoms with Crippen molar-refractivity contribution >= 4 is 33.3 Å². The second kappa shape index (κ2) is 6.44. The number of nitrogens with zero attached hydrogens (tertiary/aromatic N) is 3. The number of aryl methyl sites for hydroxylation is 2. The first kappa shape index (κ1) is 16.0. The maximum atomic E-state index is 12.2. The number of anilines is 1. The molecule has 130 valence electrons. The van der Waals surface area contributed by atoms with E-state index in [9.17, 15) is 4.79 Å². The van der Waals surface area contributed by atoms with E-state index in [0.717, 1.165) is 40.9 Å². The van der Waals surface area contributed by atoms with Crippen molar-refractivity contribution < 1.29 is 9.53 Å². The molecule has 8 heteroatoms. The van der Waals surface area contributed by atoms with E-state index in [1.807, 2.05) is 13.1 Å². The van der Waals surface area contributed by atoms with Gasteiger partial charge in [0.1, 0.15) is 21.9 Å². The van der Waals surface area contributed by atoms with Crippen molar-refractivity contribution in [2.24, 2.45) is 0 Å². The van der Waals surface area contributed by atoms with E-state index >= 15 is 0 Å². The average Bonchev–Trinajstić information content (AvgIpc) is 3.20. The first-order valence-corrected chi connectivity index (χ1v) is 9.18. The van der Waals surface area contributed by atoms with Gasteiger partial charge in [-0.3, -0.25) is 5.10 Å². The molecular weight excluding hydrogens is 338 g/mol. The number of H-pyrrole nitrogens is 1. The number of thiophene rings is 1. The summed E-state index contributed by atoms with van der Waals surface area (Å²) in [6, 6.07) is 0.286. The minimum atomic E-state index is -0.297. The number of carbonyl (C=O) groups excluding carboxylic acids is 1. The van der Waals surface area contributed by atoms with Crippen molar-refractivity contribution in [3.05, 3.63) is 34.2 Å². The van der Waals surface area contributed by atoms with Crippen LogP contribution < -0.4 is 5.32 Å². The molecule has 0 spiro atoms. The summed E-state index contributed by atoms with van der Waals surface area (Å²) in [5.74, 6) is 0.487. The molecule has 4 rings (SSSR count). The van der Waals surface area contributed by atoms with Crippen molar-refractivity contribution in [2.75, 3.05) is 11.9 Å². The summed E-state index contributed by atoms with van der Waals surface area (Å²) in [6.45, 7) is 4.09. The van der Waals surface area contributed by atoms with Crippen LogP contribution >= 0.6 is 11.3 Å². The Bertz CT molecular complexity index is 932. The van der Waals surface area contributed by atoms with Crippen LogP contribution in [0.2, 0.25) is 0 Å². The van der Waals surface area contributed by atoms with Crippen LogP contribution in [0.4, 0.5) is 5.82 Å². The van der Waals surface area contributed by atoms with Gasteiger partial charge >= 0.3 is 5.97 Å². The van der Waals surface area contributed by atoms with Gasteiger partial charge in [-0.05, 0) is 44.2 Å². The Balaban J connectivity index is 1.65. The lowest BCUT2D eigenvalue weighted by molar-refractivity contribution is 0.0531. The summed E-state index contributed by atoms with van der Waals surface area (Å²) >= 11 is 1.36. The molecule has 0 bridgehead atoms. The number of hydrogen-bond donors (Lipinski definition) is 2. The number of carbonyl (C=O) groups is 1. The van der Waals surface area contributed by atoms with E-state index in [1.54, 1.807) is 13.3 Å². The summed E-state index contributed by atoms with van der Waals surface area (Å²) < 4.78 is 5.15. The predicted molar refractivity (Wildman–Crippen MR) is 96.1 cm³/mol. The van der Waals surface area contributed by atoms with E-state index in [4.69, 9.17) is 4.74 Å². The number of esters is 1. The first-order valence-electron chi connectivity index (χ1n) is 8.36. The summed E-state index contributed by atoms with van der Waals surface area (Å²) in [5, 5.41) is 11.6. The standard InChI is InChI=1S/C17H19N5O2S/c1-3-24-17(23)14-9(2)13-15(18-8-19-16(13)25-14)21-11-4-5-12-10(6-11)7-20-22-12/h7-8,11H,3-6H2,1-2H3,(H,20,22)(H,18,19,21). The van der Waals surface area contributed by atoms with E-state index < -0.39 is 0 Å². The van der Waals surface area contributed by atoms with Crippen LogP contribution in [0, 0.1) is 6.92 Å². The van der Waals surface area contributed by atoms with Gasteiger partial charge in [0.15, 0.2) is 0 Å². The van der Waals surface area contributed by atoms with Crippen molar-refractivity contribution in [3.63, 3.8) is 0 Å². The number of hydrogen-bond acceptors (Lipinski definition) is 7. The second-order valence-corrected chi connectivity index (χ2v) is 7.14. The van der Waals surface area contributed by atoms with Gasteiger partial charge in [-0.25, -0.2) is 14.8 Å². The average molecular weight is 357 g/mol. The van der Waals surface area contributed by atoms with Crippen LogP contribution in [0.15, 0.2) is 12.5 Å². The third-order valence-electron chi connectivity index (χ3n) is 4.55. The summed E-state index contributed by atoms with van der Waals surface area (Å²) in [5.41, 5.74) is 3.35. The summed E-state index contributed by atoms with van der Waals surface area (Å²) in [7, 11) is 0. The lowest BCUT2D eigenvalue weighted by Crippen LogP contribution is -2.27. The minimum Gasteiger partial charge on any atom is -0.462 e. The molecule has 0 aliphatic heterocycles. The molecule has 0 fully saturated rings. The van der Waals surface area contributed by atoms with E-state index in [-0.39, 0.29) is 12.0 Å². The largest absolute Gasteiger partial charge is 0.462 e. The molecule has 0 saturated heterocycles. The molecule has 1 aliphatic carbocycles. The molecule has 1 atom stereocenters. The molecule has 0 saturated carbocycles. The maximum absolute atomic E-state index is 12.2. The van der Waals surface area contributed by atoms with Crippen LogP contribution in [-0.2, 0) is 17.6 Å². The minimum absolute atomic E-state index is 0.286. The number of rotatable bonds is 4. The van der Waals surface area contributed by atoms with E-state index in [1.165, 1.54) is 22.6 Å². The Morgan fingerprint density at radius 2 is 2.36 bits per heavy atom. The molecule has 0 amide bonds.